The number of aromatic nitrogens is 1. The Bertz CT molecular complexity index is 1900. The number of piperazine rings is 1. The predicted molar refractivity (Wildman–Crippen MR) is 167 cm³/mol. The average molecular weight is 702 g/mol. The molecule has 5 aliphatic rings. The number of carbonyl (C=O) groups excluding carboxylic acids is 3. The van der Waals surface area contributed by atoms with Crippen molar-refractivity contribution in [1.82, 2.24) is 24.6 Å². The van der Waals surface area contributed by atoms with Gasteiger partial charge in [-0.25, -0.2) is 0 Å². The number of alkyl halides is 5. The molecule has 1 aromatic heterocycles. The van der Waals surface area contributed by atoms with E-state index in [9.17, 15) is 41.4 Å². The van der Waals surface area contributed by atoms with Crippen LogP contribution in [-0.4, -0.2) is 92.0 Å². The third-order valence-corrected chi connectivity index (χ3v) is 11.4. The summed E-state index contributed by atoms with van der Waals surface area (Å²) < 4.78 is 77.3. The molecule has 4 aliphatic heterocycles. The number of nitrogens with zero attached hydrogens (tertiary/aromatic N) is 4. The fraction of sp³-hybridized carbons (Fsp3) is 0.514. The van der Waals surface area contributed by atoms with Gasteiger partial charge in [-0.2, -0.15) is 22.0 Å². The zero-order valence-electron chi connectivity index (χ0n) is 27.3. The largest absolute Gasteiger partial charge is 0.431 e. The number of likely N-dealkylation sites (tertiary alicyclic amines) is 1. The Labute approximate surface area is 283 Å². The Morgan fingerprint density at radius 3 is 2.56 bits per heavy atom. The van der Waals surface area contributed by atoms with E-state index >= 15 is 0 Å². The lowest BCUT2D eigenvalue weighted by molar-refractivity contribution is -0.315. The minimum Gasteiger partial charge on any atom is -0.347 e. The number of likely N-dealkylation sites (N-methyl/N-ethyl adjacent to an activating group) is 1. The monoisotopic (exact) mass is 701 g/mol. The molecule has 10 nitrogen and oxygen atoms in total. The second kappa shape index (κ2) is 11.2. The van der Waals surface area contributed by atoms with E-state index in [4.69, 9.17) is 4.74 Å². The van der Waals surface area contributed by atoms with Crippen molar-refractivity contribution >= 4 is 28.6 Å². The van der Waals surface area contributed by atoms with Gasteiger partial charge in [0, 0.05) is 36.9 Å². The molecule has 3 amide bonds. The number of halogens is 5. The number of ether oxygens (including phenoxy) is 1. The standard InChI is InChI=1S/C35H36F5N5O5/c1-33(31(48)45-25(14-18-8-4-3-5-9-18)30(47)43-13-7-12-26(43)35(45,49)50-33)41-29(46)19-15-21-20-10-6-11-23-27(20)22(16-24(21)42(2)17-19)28(34(38,39)40)44(23)32(36)37/h3-6,8-11,19,21,24-26,32,49H,7,12-17H2,1-2H3,(H,41,46)/t19?,21-,24-,25+,26+,33-,35+/m1/s1. The highest BCUT2D eigenvalue weighted by Crippen LogP contribution is 2.51. The molecular formula is C35H36F5N5O5. The lowest BCUT2D eigenvalue weighted by Crippen LogP contribution is -2.71. The Kier molecular flexibility index (Phi) is 7.42. The number of amides is 3. The molecule has 0 saturated carbocycles. The van der Waals surface area contributed by atoms with Crippen molar-refractivity contribution in [3.05, 3.63) is 70.9 Å². The predicted octanol–water partition coefficient (Wildman–Crippen LogP) is 3.97. The first-order valence-electron chi connectivity index (χ1n) is 16.8. The number of hydrogen-bond acceptors (Lipinski definition) is 6. The highest BCUT2D eigenvalue weighted by molar-refractivity contribution is 5.97. The number of carbonyl (C=O) groups is 3. The van der Waals surface area contributed by atoms with Gasteiger partial charge in [0.05, 0.1) is 11.4 Å². The first-order chi connectivity index (χ1) is 23.6. The quantitative estimate of drug-likeness (QED) is 0.391. The fourth-order valence-corrected chi connectivity index (χ4v) is 9.37. The lowest BCUT2D eigenvalue weighted by Gasteiger charge is -2.48. The van der Waals surface area contributed by atoms with E-state index in [1.165, 1.54) is 19.1 Å². The van der Waals surface area contributed by atoms with Crippen molar-refractivity contribution in [3.8, 4) is 0 Å². The van der Waals surface area contributed by atoms with Gasteiger partial charge in [0.15, 0.2) is 0 Å². The Morgan fingerprint density at radius 1 is 1.12 bits per heavy atom. The maximum atomic E-state index is 14.3. The molecule has 2 N–H and O–H groups in total. The van der Waals surface area contributed by atoms with Crippen molar-refractivity contribution in [2.45, 2.75) is 87.4 Å². The van der Waals surface area contributed by atoms with Crippen molar-refractivity contribution < 1.29 is 46.2 Å². The van der Waals surface area contributed by atoms with Crippen LogP contribution in [0.4, 0.5) is 22.0 Å². The highest BCUT2D eigenvalue weighted by atomic mass is 19.4. The van der Waals surface area contributed by atoms with Gasteiger partial charge in [-0.3, -0.25) is 28.6 Å². The molecule has 5 heterocycles. The smallest absolute Gasteiger partial charge is 0.347 e. The first-order valence-corrected chi connectivity index (χ1v) is 16.8. The van der Waals surface area contributed by atoms with Crippen LogP contribution in [0.25, 0.3) is 10.9 Å². The molecule has 50 heavy (non-hydrogen) atoms. The molecule has 4 saturated heterocycles. The van der Waals surface area contributed by atoms with Crippen molar-refractivity contribution in [2.75, 3.05) is 20.1 Å². The number of benzene rings is 2. The van der Waals surface area contributed by atoms with E-state index in [-0.39, 0.29) is 52.7 Å². The van der Waals surface area contributed by atoms with Crippen molar-refractivity contribution in [1.29, 1.82) is 0 Å². The maximum absolute atomic E-state index is 14.3. The Hall–Kier alpha value is -4.08. The molecule has 7 atom stereocenters. The van der Waals surface area contributed by atoms with Crippen LogP contribution < -0.4 is 5.32 Å². The van der Waals surface area contributed by atoms with Crippen LogP contribution >= 0.6 is 0 Å². The molecule has 0 spiro atoms. The summed E-state index contributed by atoms with van der Waals surface area (Å²) in [6.45, 7) is -1.56. The van der Waals surface area contributed by atoms with Gasteiger partial charge in [0.2, 0.25) is 17.5 Å². The van der Waals surface area contributed by atoms with Crippen LogP contribution in [0, 0.1) is 5.92 Å². The van der Waals surface area contributed by atoms with E-state index in [2.05, 4.69) is 5.32 Å². The van der Waals surface area contributed by atoms with E-state index < -0.39 is 71.8 Å². The number of nitrogens with one attached hydrogen (secondary N) is 1. The highest BCUT2D eigenvalue weighted by Gasteiger charge is 2.70. The minimum absolute atomic E-state index is 0.0559. The van der Waals surface area contributed by atoms with E-state index in [0.717, 1.165) is 10.5 Å². The summed E-state index contributed by atoms with van der Waals surface area (Å²) >= 11 is 0. The molecule has 266 valence electrons. The third kappa shape index (κ3) is 4.72. The SMILES string of the molecule is CN1CC(C(=O)N[C@]2(C)O[C@@]3(O)[C@@H]4CCCN4C(=O)[C@H](Cc4ccccc4)N3C2=O)C[C@@H]2c3cccc4c3c(c(C(F)(F)F)n4C(F)F)C[C@H]21. The zero-order chi connectivity index (χ0) is 35.5. The average Bonchev–Trinajstić information content (AvgIpc) is 3.74. The van der Waals surface area contributed by atoms with Gasteiger partial charge >= 0.3 is 12.7 Å². The van der Waals surface area contributed by atoms with E-state index in [1.54, 1.807) is 22.9 Å². The second-order valence-electron chi connectivity index (χ2n) is 14.3. The second-order valence-corrected chi connectivity index (χ2v) is 14.3. The summed E-state index contributed by atoms with van der Waals surface area (Å²) in [6, 6.07) is 11.0. The van der Waals surface area contributed by atoms with Gasteiger partial charge in [0.25, 0.3) is 11.8 Å². The molecule has 1 aliphatic carbocycles. The first kappa shape index (κ1) is 33.1. The molecule has 15 heteroatoms. The minimum atomic E-state index is -5.01. The van der Waals surface area contributed by atoms with Gasteiger partial charge in [-0.1, -0.05) is 42.5 Å². The molecule has 4 fully saturated rings. The topological polar surface area (TPSA) is 107 Å². The fourth-order valence-electron chi connectivity index (χ4n) is 9.37. The normalized spacial score (nSPS) is 32.5. The number of piperidine rings is 1. The third-order valence-electron chi connectivity index (χ3n) is 11.4. The van der Waals surface area contributed by atoms with Crippen LogP contribution in [-0.2, 0) is 38.1 Å². The van der Waals surface area contributed by atoms with E-state index in [1.807, 2.05) is 30.3 Å². The zero-order valence-corrected chi connectivity index (χ0v) is 27.3. The van der Waals surface area contributed by atoms with Crippen LogP contribution in [0.1, 0.15) is 61.0 Å². The molecular weight excluding hydrogens is 665 g/mol. The van der Waals surface area contributed by atoms with Gasteiger partial charge in [-0.05, 0) is 62.4 Å². The summed E-state index contributed by atoms with van der Waals surface area (Å²) in [7, 11) is 1.68. The number of rotatable bonds is 5. The maximum Gasteiger partial charge on any atom is 0.431 e. The van der Waals surface area contributed by atoms with Crippen molar-refractivity contribution in [2.24, 2.45) is 5.92 Å². The van der Waals surface area contributed by atoms with Crippen LogP contribution in [0.3, 0.4) is 0 Å². The molecule has 3 aromatic rings. The molecule has 1 unspecified atom stereocenters. The van der Waals surface area contributed by atoms with Crippen LogP contribution in [0.5, 0.6) is 0 Å². The van der Waals surface area contributed by atoms with Gasteiger partial charge in [-0.15, -0.1) is 0 Å². The lowest BCUT2D eigenvalue weighted by atomic mass is 9.72. The molecule has 8 rings (SSSR count). The molecule has 0 bridgehead atoms. The molecule has 2 aromatic carbocycles. The summed E-state index contributed by atoms with van der Waals surface area (Å²) in [5.74, 6) is -5.10. The Morgan fingerprint density at radius 2 is 1.86 bits per heavy atom. The summed E-state index contributed by atoms with van der Waals surface area (Å²) in [5.41, 5.74) is -2.56. The number of aliphatic hydroxyl groups is 1. The van der Waals surface area contributed by atoms with Crippen LogP contribution in [0.2, 0.25) is 0 Å². The Balaban J connectivity index is 1.10. The van der Waals surface area contributed by atoms with E-state index in [0.29, 0.717) is 24.9 Å². The van der Waals surface area contributed by atoms with Crippen LogP contribution in [0.15, 0.2) is 48.5 Å². The number of fused-ring (bicyclic) bond motifs is 5. The summed E-state index contributed by atoms with van der Waals surface area (Å²) in [5, 5.41) is 14.9. The van der Waals surface area contributed by atoms with Crippen molar-refractivity contribution in [3.63, 3.8) is 0 Å². The summed E-state index contributed by atoms with van der Waals surface area (Å²) in [6.07, 6.45) is -3.86. The summed E-state index contributed by atoms with van der Waals surface area (Å²) in [4.78, 5) is 46.4. The number of hydrogen-bond donors (Lipinski definition) is 2. The van der Waals surface area contributed by atoms with Gasteiger partial charge in [0.1, 0.15) is 17.8 Å². The molecule has 0 radical (unpaired) electrons. The van der Waals surface area contributed by atoms with Gasteiger partial charge < -0.3 is 20.2 Å².